The Morgan fingerprint density at radius 3 is 1.83 bits per heavy atom. The zero-order valence-corrected chi connectivity index (χ0v) is 45.2. The van der Waals surface area contributed by atoms with Crippen molar-refractivity contribution in [1.82, 2.24) is 0 Å². The van der Waals surface area contributed by atoms with Crippen LogP contribution in [0.5, 0.6) is 0 Å². The number of hydrogen-bond donors (Lipinski definition) is 14. The number of hydrogen-bond acceptors (Lipinski definition) is 23. The molecule has 5 aliphatic carbocycles. The summed E-state index contributed by atoms with van der Waals surface area (Å²) in [5.74, 6) is -0.530. The van der Waals surface area contributed by atoms with Crippen LogP contribution in [0.15, 0.2) is 11.6 Å². The van der Waals surface area contributed by atoms with E-state index in [1.165, 1.54) is 12.5 Å². The largest absolute Gasteiger partial charge is 0.432 e. The molecule has 0 amide bonds. The van der Waals surface area contributed by atoms with Gasteiger partial charge in [-0.05, 0) is 111 Å². The lowest BCUT2D eigenvalue weighted by atomic mass is 9.33. The maximum atomic E-state index is 15.1. The van der Waals surface area contributed by atoms with Crippen LogP contribution in [0.4, 0.5) is 0 Å². The van der Waals surface area contributed by atoms with Crippen molar-refractivity contribution >= 4 is 5.97 Å². The van der Waals surface area contributed by atoms with Crippen molar-refractivity contribution in [2.24, 2.45) is 56.7 Å². The van der Waals surface area contributed by atoms with Crippen LogP contribution in [0.25, 0.3) is 0 Å². The summed E-state index contributed by atoms with van der Waals surface area (Å²) in [7, 11) is 0. The van der Waals surface area contributed by atoms with E-state index in [9.17, 15) is 71.5 Å². The van der Waals surface area contributed by atoms with Gasteiger partial charge in [-0.2, -0.15) is 0 Å². The standard InChI is InChI=1S/C54H88O23/c1-22-10-15-54(49(69)77-48-42(67)38(63)35(60)28(74-48)20-70-45-40(65)37(62)34(59)26(18-55)72-45)17-16-52(6)25(32(54)23(22)2)8-9-30-50(4)13-12-31(51(5,21-57)29(50)11-14-53(30,52)7)75-47-43(68)39(64)44(27(19-56)73-47)76-46-41(66)36(61)33(58)24(3)71-46/h8,22-24,26-48,55-68H,9-21H2,1-7H3/t22-,23+,24+,26-,27-,28-,29-,30-,31+,32+,33+,34+,35-,36-,37+,38+,39-,40-,41-,42-,43-,44-,45-,46+,47+,48+,50+,51+,52-,53-,54+/m1/s1. The zero-order chi connectivity index (χ0) is 56.2. The molecule has 4 heterocycles. The van der Waals surface area contributed by atoms with Gasteiger partial charge in [0.2, 0.25) is 6.29 Å². The molecule has 8 fully saturated rings. The first-order valence-electron chi connectivity index (χ1n) is 28.0. The highest BCUT2D eigenvalue weighted by Gasteiger charge is 2.71. The van der Waals surface area contributed by atoms with Crippen LogP contribution in [-0.4, -0.2) is 233 Å². The molecule has 0 aromatic heterocycles. The summed E-state index contributed by atoms with van der Waals surface area (Å²) in [6.07, 6.45) is -24.0. The van der Waals surface area contributed by atoms with Crippen molar-refractivity contribution in [3.8, 4) is 0 Å². The Morgan fingerprint density at radius 2 is 1.17 bits per heavy atom. The molecule has 23 nitrogen and oxygen atoms in total. The summed E-state index contributed by atoms with van der Waals surface area (Å²) in [6, 6.07) is 0. The van der Waals surface area contributed by atoms with Gasteiger partial charge in [0.15, 0.2) is 18.9 Å². The zero-order valence-electron chi connectivity index (χ0n) is 45.2. The Labute approximate surface area is 449 Å². The lowest BCUT2D eigenvalue weighted by molar-refractivity contribution is -0.367. The second kappa shape index (κ2) is 22.2. The molecule has 0 radical (unpaired) electrons. The molecule has 14 N–H and O–H groups in total. The predicted molar refractivity (Wildman–Crippen MR) is 263 cm³/mol. The summed E-state index contributed by atoms with van der Waals surface area (Å²) in [5, 5.41) is 150. The SMILES string of the molecule is C[C@H]1[C@H](C)CC[C@]2(C(=O)O[C@@H]3O[C@H](CO[C@@H]4O[C@H](CO)[C@H](O)[C@H](O)[C@H]4O)[C@@H](O)[C@H](O)[C@H]3O)CC[C@]3(C)C(=CC[C@@H]4[C@@]5(C)CC[C@H](O[C@@H]6O[C@H](CO)[C@@H](O[C@@H]7O[C@@H](C)[C@H](O)[C@@H](O)[C@H]7O)[C@H](O)[C@H]6O)[C@@](C)(CO)[C@@H]5CC[C@]43C)[C@H]12. The number of allylic oxidation sites excluding steroid dienone is 2. The summed E-state index contributed by atoms with van der Waals surface area (Å²) in [5.41, 5.74) is -1.69. The molecule has 9 rings (SSSR count). The van der Waals surface area contributed by atoms with Crippen LogP contribution in [-0.2, 0) is 42.7 Å². The van der Waals surface area contributed by atoms with Crippen LogP contribution in [0.3, 0.4) is 0 Å². The van der Waals surface area contributed by atoms with E-state index in [-0.39, 0.29) is 52.4 Å². The molecule has 9 aliphatic rings. The molecule has 4 aliphatic heterocycles. The van der Waals surface area contributed by atoms with Gasteiger partial charge in [0.1, 0.15) is 91.6 Å². The van der Waals surface area contributed by atoms with E-state index in [1.54, 1.807) is 0 Å². The van der Waals surface area contributed by atoms with Crippen LogP contribution in [0.2, 0.25) is 0 Å². The Kier molecular flexibility index (Phi) is 17.3. The second-order valence-corrected chi connectivity index (χ2v) is 25.6. The summed E-state index contributed by atoms with van der Waals surface area (Å²) in [4.78, 5) is 15.1. The van der Waals surface area contributed by atoms with Gasteiger partial charge < -0.3 is 109 Å². The number of ether oxygens (including phenoxy) is 8. The number of fused-ring (bicyclic) bond motifs is 7. The van der Waals surface area contributed by atoms with Gasteiger partial charge in [0.25, 0.3) is 0 Å². The number of aliphatic hydroxyl groups is 14. The highest BCUT2D eigenvalue weighted by molar-refractivity contribution is 5.79. The van der Waals surface area contributed by atoms with Crippen LogP contribution >= 0.6 is 0 Å². The van der Waals surface area contributed by atoms with Crippen LogP contribution < -0.4 is 0 Å². The van der Waals surface area contributed by atoms with E-state index in [1.807, 2.05) is 6.92 Å². The van der Waals surface area contributed by atoms with E-state index in [0.717, 1.165) is 12.8 Å². The fourth-order valence-electron chi connectivity index (χ4n) is 16.6. The molecule has 0 spiro atoms. The molecule has 23 heteroatoms. The predicted octanol–water partition coefficient (Wildman–Crippen LogP) is -2.18. The normalized spacial score (nSPS) is 55.9. The third-order valence-corrected chi connectivity index (χ3v) is 21.9. The van der Waals surface area contributed by atoms with Crippen LogP contribution in [0, 0.1) is 56.7 Å². The Bertz CT molecular complexity index is 2100. The Balaban J connectivity index is 0.914. The van der Waals surface area contributed by atoms with E-state index in [4.69, 9.17) is 37.9 Å². The topological polar surface area (TPSA) is 374 Å². The van der Waals surface area contributed by atoms with Crippen molar-refractivity contribution in [2.45, 2.75) is 235 Å². The Hall–Kier alpha value is -1.63. The van der Waals surface area contributed by atoms with Gasteiger partial charge in [0.05, 0.1) is 44.1 Å². The quantitative estimate of drug-likeness (QED) is 0.0561. The summed E-state index contributed by atoms with van der Waals surface area (Å²) in [6.45, 7) is 12.6. The minimum atomic E-state index is -1.85. The van der Waals surface area contributed by atoms with Crippen molar-refractivity contribution in [2.75, 3.05) is 26.4 Å². The van der Waals surface area contributed by atoms with Crippen molar-refractivity contribution in [3.05, 3.63) is 11.6 Å². The monoisotopic (exact) mass is 1100 g/mol. The molecular weight excluding hydrogens is 1020 g/mol. The molecule has 0 aromatic rings. The molecule has 442 valence electrons. The third-order valence-electron chi connectivity index (χ3n) is 21.9. The van der Waals surface area contributed by atoms with Gasteiger partial charge in [-0.25, -0.2) is 0 Å². The minimum absolute atomic E-state index is 0.0322. The van der Waals surface area contributed by atoms with Gasteiger partial charge in [-0.15, -0.1) is 0 Å². The molecule has 4 saturated heterocycles. The molecule has 0 bridgehead atoms. The smallest absolute Gasteiger partial charge is 0.315 e. The molecular formula is C54H88O23. The lowest BCUT2D eigenvalue weighted by Gasteiger charge is -2.71. The number of aliphatic hydroxyl groups excluding tert-OH is 14. The summed E-state index contributed by atoms with van der Waals surface area (Å²) < 4.78 is 47.3. The van der Waals surface area contributed by atoms with Gasteiger partial charge in [-0.3, -0.25) is 4.79 Å². The minimum Gasteiger partial charge on any atom is -0.432 e. The highest BCUT2D eigenvalue weighted by Crippen LogP contribution is 2.76. The van der Waals surface area contributed by atoms with Crippen molar-refractivity contribution in [3.63, 3.8) is 0 Å². The number of esters is 1. The maximum absolute atomic E-state index is 15.1. The van der Waals surface area contributed by atoms with Gasteiger partial charge in [0, 0.05) is 5.41 Å². The van der Waals surface area contributed by atoms with Gasteiger partial charge >= 0.3 is 5.97 Å². The molecule has 77 heavy (non-hydrogen) atoms. The number of rotatable bonds is 12. The van der Waals surface area contributed by atoms with E-state index in [0.29, 0.717) is 44.9 Å². The first-order valence-corrected chi connectivity index (χ1v) is 28.0. The lowest BCUT2D eigenvalue weighted by Crippen LogP contribution is -2.67. The van der Waals surface area contributed by atoms with Crippen molar-refractivity contribution < 1.29 is 114 Å². The second-order valence-electron chi connectivity index (χ2n) is 25.6. The van der Waals surface area contributed by atoms with E-state index in [2.05, 4.69) is 40.7 Å². The highest BCUT2D eigenvalue weighted by atomic mass is 16.8. The van der Waals surface area contributed by atoms with E-state index < -0.39 is 166 Å². The average molecular weight is 1110 g/mol. The number of carbonyl (C=O) groups is 1. The van der Waals surface area contributed by atoms with Gasteiger partial charge in [-0.1, -0.05) is 53.2 Å². The van der Waals surface area contributed by atoms with Crippen LogP contribution in [0.1, 0.15) is 106 Å². The fraction of sp³-hybridized carbons (Fsp3) is 0.944. The summed E-state index contributed by atoms with van der Waals surface area (Å²) >= 11 is 0. The molecule has 0 aromatic carbocycles. The fourth-order valence-corrected chi connectivity index (χ4v) is 16.6. The average Bonchev–Trinajstić information content (AvgIpc) is 3.56. The van der Waals surface area contributed by atoms with E-state index >= 15 is 4.79 Å². The first-order chi connectivity index (χ1) is 36.2. The first kappa shape index (κ1) is 60.0. The Morgan fingerprint density at radius 1 is 0.584 bits per heavy atom. The number of carbonyl (C=O) groups excluding carboxylic acids is 1. The molecule has 0 unspecified atom stereocenters. The third kappa shape index (κ3) is 9.61. The maximum Gasteiger partial charge on any atom is 0.315 e. The van der Waals surface area contributed by atoms with Crippen molar-refractivity contribution in [1.29, 1.82) is 0 Å². The molecule has 31 atom stereocenters. The molecule has 4 saturated carbocycles.